The van der Waals surface area contributed by atoms with E-state index < -0.39 is 21.5 Å². The van der Waals surface area contributed by atoms with Crippen LogP contribution in [0.15, 0.2) is 23.1 Å². The molecule has 1 heterocycles. The number of nitrogens with zero attached hydrogens (tertiary/aromatic N) is 2. The quantitative estimate of drug-likeness (QED) is 0.907. The van der Waals surface area contributed by atoms with Crippen molar-refractivity contribution < 1.29 is 22.0 Å². The van der Waals surface area contributed by atoms with Crippen LogP contribution in [0.25, 0.3) is 0 Å². The van der Waals surface area contributed by atoms with Crippen molar-refractivity contribution in [1.29, 1.82) is 0 Å². The summed E-state index contributed by atoms with van der Waals surface area (Å²) < 4.78 is 51.7. The van der Waals surface area contributed by atoms with Gasteiger partial charge in [-0.1, -0.05) is 11.3 Å². The number of rotatable bonds is 4. The van der Waals surface area contributed by atoms with E-state index in [0.29, 0.717) is 41.7 Å². The van der Waals surface area contributed by atoms with E-state index in [1.54, 1.807) is 0 Å². The SMILES string of the molecule is O=C1CCCc2cc(S(=O)(=O)Nc3nnc(C(F)F)s3)ccc21. The predicted molar refractivity (Wildman–Crippen MR) is 79.4 cm³/mol. The van der Waals surface area contributed by atoms with Crippen molar-refractivity contribution in [2.24, 2.45) is 0 Å². The van der Waals surface area contributed by atoms with Gasteiger partial charge in [0.2, 0.25) is 5.13 Å². The Bertz CT molecular complexity index is 865. The summed E-state index contributed by atoms with van der Waals surface area (Å²) in [4.78, 5) is 11.7. The lowest BCUT2D eigenvalue weighted by Gasteiger charge is -2.15. The topological polar surface area (TPSA) is 89.0 Å². The Morgan fingerprint density at radius 2 is 2.00 bits per heavy atom. The number of Topliss-reactive ketones (excluding diaryl/α,β-unsaturated/α-hetero) is 1. The molecule has 1 aliphatic carbocycles. The lowest BCUT2D eigenvalue weighted by Crippen LogP contribution is -2.16. The number of halogens is 2. The number of alkyl halides is 2. The van der Waals surface area contributed by atoms with Crippen molar-refractivity contribution in [1.82, 2.24) is 10.2 Å². The summed E-state index contributed by atoms with van der Waals surface area (Å²) in [5.74, 6) is -0.00569. The molecule has 0 bridgehead atoms. The number of aryl methyl sites for hydroxylation is 1. The Kier molecular flexibility index (Phi) is 4.11. The van der Waals surface area contributed by atoms with Crippen LogP contribution < -0.4 is 4.72 Å². The lowest BCUT2D eigenvalue weighted by atomic mass is 9.91. The highest BCUT2D eigenvalue weighted by atomic mass is 32.2. The average Bonchev–Trinajstić information content (AvgIpc) is 2.95. The van der Waals surface area contributed by atoms with E-state index in [4.69, 9.17) is 0 Å². The first-order valence-electron chi connectivity index (χ1n) is 6.67. The zero-order chi connectivity index (χ0) is 16.6. The molecule has 0 saturated carbocycles. The van der Waals surface area contributed by atoms with Crippen molar-refractivity contribution in [3.8, 4) is 0 Å². The zero-order valence-electron chi connectivity index (χ0n) is 11.6. The maximum absolute atomic E-state index is 12.5. The first-order valence-corrected chi connectivity index (χ1v) is 8.97. The second-order valence-corrected chi connectivity index (χ2v) is 7.64. The molecule has 0 atom stereocenters. The molecule has 3 rings (SSSR count). The van der Waals surface area contributed by atoms with Gasteiger partial charge in [0.1, 0.15) is 0 Å². The average molecular weight is 359 g/mol. The Balaban J connectivity index is 1.88. The summed E-state index contributed by atoms with van der Waals surface area (Å²) in [6, 6.07) is 4.24. The van der Waals surface area contributed by atoms with Crippen LogP contribution in [0.4, 0.5) is 13.9 Å². The third kappa shape index (κ3) is 3.22. The molecule has 1 aromatic heterocycles. The largest absolute Gasteiger partial charge is 0.294 e. The third-order valence-corrected chi connectivity index (χ3v) is 5.70. The van der Waals surface area contributed by atoms with Gasteiger partial charge in [0.15, 0.2) is 10.8 Å². The van der Waals surface area contributed by atoms with E-state index in [2.05, 4.69) is 14.9 Å². The van der Waals surface area contributed by atoms with Crippen LogP contribution in [0.5, 0.6) is 0 Å². The van der Waals surface area contributed by atoms with Crippen molar-refractivity contribution >= 4 is 32.3 Å². The number of nitrogens with one attached hydrogen (secondary N) is 1. The Morgan fingerprint density at radius 1 is 1.22 bits per heavy atom. The van der Waals surface area contributed by atoms with E-state index in [1.807, 2.05) is 0 Å². The predicted octanol–water partition coefficient (Wildman–Crippen LogP) is 2.80. The summed E-state index contributed by atoms with van der Waals surface area (Å²) in [5.41, 5.74) is 1.21. The third-order valence-electron chi connectivity index (χ3n) is 3.39. The van der Waals surface area contributed by atoms with E-state index in [-0.39, 0.29) is 15.8 Å². The van der Waals surface area contributed by atoms with E-state index in [1.165, 1.54) is 18.2 Å². The number of carbonyl (C=O) groups is 1. The molecule has 0 fully saturated rings. The van der Waals surface area contributed by atoms with Gasteiger partial charge >= 0.3 is 0 Å². The number of carbonyl (C=O) groups excluding carboxylic acids is 1. The minimum Gasteiger partial charge on any atom is -0.294 e. The standard InChI is InChI=1S/C13H11F2N3O3S2/c14-11(15)12-16-17-13(22-12)18-23(20,21)8-4-5-9-7(6-8)2-1-3-10(9)19/h4-6,11H,1-3H2,(H,17,18). The van der Waals surface area contributed by atoms with Crippen molar-refractivity contribution in [3.05, 3.63) is 34.3 Å². The molecule has 2 aromatic rings. The second-order valence-electron chi connectivity index (χ2n) is 4.95. The molecule has 1 N–H and O–H groups in total. The fourth-order valence-electron chi connectivity index (χ4n) is 2.33. The van der Waals surface area contributed by atoms with Crippen LogP contribution in [0.1, 0.15) is 40.2 Å². The zero-order valence-corrected chi connectivity index (χ0v) is 13.3. The van der Waals surface area contributed by atoms with Crippen molar-refractivity contribution in [3.63, 3.8) is 0 Å². The van der Waals surface area contributed by atoms with Gasteiger partial charge in [-0.2, -0.15) is 0 Å². The first kappa shape index (κ1) is 15.9. The minimum absolute atomic E-state index is 0.00569. The maximum atomic E-state index is 12.5. The molecule has 23 heavy (non-hydrogen) atoms. The number of sulfonamides is 1. The molecular formula is C13H11F2N3O3S2. The van der Waals surface area contributed by atoms with Crippen LogP contribution in [-0.2, 0) is 16.4 Å². The molecule has 10 heteroatoms. The fourth-order valence-corrected chi connectivity index (χ4v) is 4.21. The Hall–Kier alpha value is -1.94. The van der Waals surface area contributed by atoms with Gasteiger partial charge < -0.3 is 0 Å². The number of hydrogen-bond acceptors (Lipinski definition) is 6. The molecule has 1 aromatic carbocycles. The monoisotopic (exact) mass is 359 g/mol. The van der Waals surface area contributed by atoms with Crippen LogP contribution in [0, 0.1) is 0 Å². The highest BCUT2D eigenvalue weighted by Crippen LogP contribution is 2.28. The minimum atomic E-state index is -3.97. The molecule has 1 aliphatic rings. The highest BCUT2D eigenvalue weighted by Gasteiger charge is 2.23. The van der Waals surface area contributed by atoms with Crippen LogP contribution >= 0.6 is 11.3 Å². The summed E-state index contributed by atoms with van der Waals surface area (Å²) in [7, 11) is -3.97. The Labute approximate surface area is 134 Å². The summed E-state index contributed by atoms with van der Waals surface area (Å²) in [5, 5.41) is 5.83. The van der Waals surface area contributed by atoms with Crippen LogP contribution in [-0.4, -0.2) is 24.4 Å². The summed E-state index contributed by atoms with van der Waals surface area (Å²) in [6.45, 7) is 0. The van der Waals surface area contributed by atoms with Crippen molar-refractivity contribution in [2.45, 2.75) is 30.6 Å². The molecule has 0 amide bonds. The number of anilines is 1. The Morgan fingerprint density at radius 3 is 2.70 bits per heavy atom. The van der Waals surface area contributed by atoms with Crippen LogP contribution in [0.3, 0.4) is 0 Å². The normalized spacial score (nSPS) is 14.8. The summed E-state index contributed by atoms with van der Waals surface area (Å²) in [6.07, 6.45) is -1.05. The highest BCUT2D eigenvalue weighted by molar-refractivity contribution is 7.93. The summed E-state index contributed by atoms with van der Waals surface area (Å²) >= 11 is 0.475. The van der Waals surface area contributed by atoms with Gasteiger partial charge in [-0.05, 0) is 36.6 Å². The smallest absolute Gasteiger partial charge is 0.291 e. The van der Waals surface area contributed by atoms with E-state index >= 15 is 0 Å². The van der Waals surface area contributed by atoms with Gasteiger partial charge in [0.25, 0.3) is 16.4 Å². The van der Waals surface area contributed by atoms with Gasteiger partial charge in [-0.3, -0.25) is 9.52 Å². The second kappa shape index (κ2) is 5.93. The van der Waals surface area contributed by atoms with Gasteiger partial charge in [-0.15, -0.1) is 10.2 Å². The molecule has 6 nitrogen and oxygen atoms in total. The molecule has 0 unspecified atom stereocenters. The number of hydrogen-bond donors (Lipinski definition) is 1. The molecule has 0 aliphatic heterocycles. The molecule has 0 saturated heterocycles. The van der Waals surface area contributed by atoms with Gasteiger partial charge in [0, 0.05) is 12.0 Å². The van der Waals surface area contributed by atoms with Crippen LogP contribution in [0.2, 0.25) is 0 Å². The van der Waals surface area contributed by atoms with Gasteiger partial charge in [-0.25, -0.2) is 17.2 Å². The fraction of sp³-hybridized carbons (Fsp3) is 0.308. The molecular weight excluding hydrogens is 348 g/mol. The molecule has 0 spiro atoms. The van der Waals surface area contributed by atoms with E-state index in [0.717, 1.165) is 0 Å². The molecule has 122 valence electrons. The number of ketones is 1. The number of fused-ring (bicyclic) bond motifs is 1. The van der Waals surface area contributed by atoms with Gasteiger partial charge in [0.05, 0.1) is 4.90 Å². The van der Waals surface area contributed by atoms with E-state index in [9.17, 15) is 22.0 Å². The number of benzene rings is 1. The molecule has 0 radical (unpaired) electrons. The van der Waals surface area contributed by atoms with Crippen molar-refractivity contribution in [2.75, 3.05) is 4.72 Å². The maximum Gasteiger partial charge on any atom is 0.291 e. The number of aromatic nitrogens is 2. The first-order chi connectivity index (χ1) is 10.9. The lowest BCUT2D eigenvalue weighted by molar-refractivity contribution is 0.0972.